The molecule has 0 aliphatic rings. The molecule has 4 rings (SSSR count). The molecule has 4 aromatic rings. The van der Waals surface area contributed by atoms with Gasteiger partial charge in [0.1, 0.15) is 10.0 Å². The molecule has 2 aromatic carbocycles. The zero-order valence-electron chi connectivity index (χ0n) is 14.9. The van der Waals surface area contributed by atoms with E-state index < -0.39 is 0 Å². The summed E-state index contributed by atoms with van der Waals surface area (Å²) in [6.45, 7) is 0.846. The standard InChI is InChI=1S/C21H17ClN4OS/c22-19-18(12-24-26(21(19)27)13-15-7-3-1-4-8-15)23-11-17-14-28-20(25-17)16-9-5-2-6-10-16/h1-10,12,14,23H,11,13H2. The minimum Gasteiger partial charge on any atom is -0.377 e. The van der Waals surface area contributed by atoms with Crippen LogP contribution in [0.3, 0.4) is 0 Å². The monoisotopic (exact) mass is 408 g/mol. The van der Waals surface area contributed by atoms with Crippen LogP contribution in [-0.2, 0) is 13.1 Å². The van der Waals surface area contributed by atoms with Gasteiger partial charge in [0.25, 0.3) is 5.56 Å². The van der Waals surface area contributed by atoms with Gasteiger partial charge < -0.3 is 5.32 Å². The number of benzene rings is 2. The number of thiazole rings is 1. The van der Waals surface area contributed by atoms with Crippen molar-refractivity contribution in [3.05, 3.63) is 98.9 Å². The Bertz CT molecular complexity index is 1130. The molecule has 1 N–H and O–H groups in total. The van der Waals surface area contributed by atoms with Gasteiger partial charge in [0.15, 0.2) is 0 Å². The number of rotatable bonds is 6. The van der Waals surface area contributed by atoms with E-state index in [1.54, 1.807) is 17.5 Å². The van der Waals surface area contributed by atoms with Gasteiger partial charge in [-0.15, -0.1) is 11.3 Å². The quantitative estimate of drug-likeness (QED) is 0.503. The number of halogens is 1. The highest BCUT2D eigenvalue weighted by Crippen LogP contribution is 2.24. The van der Waals surface area contributed by atoms with E-state index in [9.17, 15) is 4.79 Å². The molecule has 0 aliphatic carbocycles. The van der Waals surface area contributed by atoms with E-state index in [0.717, 1.165) is 21.8 Å². The van der Waals surface area contributed by atoms with Crippen LogP contribution < -0.4 is 10.9 Å². The molecular weight excluding hydrogens is 392 g/mol. The van der Waals surface area contributed by atoms with Gasteiger partial charge in [-0.2, -0.15) is 5.10 Å². The molecule has 0 saturated heterocycles. The molecule has 0 unspecified atom stereocenters. The minimum absolute atomic E-state index is 0.129. The van der Waals surface area contributed by atoms with Crippen molar-refractivity contribution in [2.45, 2.75) is 13.1 Å². The summed E-state index contributed by atoms with van der Waals surface area (Å²) in [5.41, 5.74) is 3.14. The number of nitrogens with one attached hydrogen (secondary N) is 1. The third kappa shape index (κ3) is 4.13. The van der Waals surface area contributed by atoms with Crippen LogP contribution in [0.25, 0.3) is 10.6 Å². The van der Waals surface area contributed by atoms with Crippen LogP contribution in [0.4, 0.5) is 5.69 Å². The predicted octanol–water partition coefficient (Wildman–Crippen LogP) is 4.68. The zero-order valence-corrected chi connectivity index (χ0v) is 16.5. The van der Waals surface area contributed by atoms with Crippen molar-refractivity contribution in [2.24, 2.45) is 0 Å². The minimum atomic E-state index is -0.321. The van der Waals surface area contributed by atoms with Crippen LogP contribution in [0.1, 0.15) is 11.3 Å². The number of hydrogen-bond acceptors (Lipinski definition) is 5. The summed E-state index contributed by atoms with van der Waals surface area (Å²) < 4.78 is 1.36. The van der Waals surface area contributed by atoms with Gasteiger partial charge in [-0.25, -0.2) is 9.67 Å². The van der Waals surface area contributed by atoms with E-state index in [2.05, 4.69) is 15.4 Å². The Kier molecular flexibility index (Phi) is 5.50. The summed E-state index contributed by atoms with van der Waals surface area (Å²) >= 11 is 7.86. The van der Waals surface area contributed by atoms with Gasteiger partial charge in [-0.05, 0) is 5.56 Å². The van der Waals surface area contributed by atoms with E-state index in [1.165, 1.54) is 4.68 Å². The van der Waals surface area contributed by atoms with Crippen LogP contribution >= 0.6 is 22.9 Å². The Labute approximate surface area is 171 Å². The van der Waals surface area contributed by atoms with Gasteiger partial charge in [-0.1, -0.05) is 72.3 Å². The summed E-state index contributed by atoms with van der Waals surface area (Å²) in [6.07, 6.45) is 1.58. The molecule has 0 radical (unpaired) electrons. The van der Waals surface area contributed by atoms with Crippen LogP contribution in [-0.4, -0.2) is 14.8 Å². The van der Waals surface area contributed by atoms with Crippen LogP contribution in [0, 0.1) is 0 Å². The fourth-order valence-electron chi connectivity index (χ4n) is 2.74. The zero-order chi connectivity index (χ0) is 19.3. The van der Waals surface area contributed by atoms with Crippen LogP contribution in [0.2, 0.25) is 5.02 Å². The molecular formula is C21H17ClN4OS. The molecule has 28 heavy (non-hydrogen) atoms. The number of nitrogens with zero attached hydrogens (tertiary/aromatic N) is 3. The van der Waals surface area contributed by atoms with Crippen molar-refractivity contribution in [3.8, 4) is 10.6 Å². The highest BCUT2D eigenvalue weighted by Gasteiger charge is 2.11. The summed E-state index contributed by atoms with van der Waals surface area (Å²) in [5, 5.41) is 10.5. The van der Waals surface area contributed by atoms with Crippen molar-refractivity contribution < 1.29 is 0 Å². The first-order valence-electron chi connectivity index (χ1n) is 8.74. The Hall–Kier alpha value is -2.96. The van der Waals surface area contributed by atoms with E-state index in [0.29, 0.717) is 18.8 Å². The van der Waals surface area contributed by atoms with Gasteiger partial charge in [0, 0.05) is 10.9 Å². The van der Waals surface area contributed by atoms with Gasteiger partial charge in [-0.3, -0.25) is 4.79 Å². The lowest BCUT2D eigenvalue weighted by atomic mass is 10.2. The SMILES string of the molecule is O=c1c(Cl)c(NCc2csc(-c3ccccc3)n2)cnn1Cc1ccccc1. The maximum absolute atomic E-state index is 12.5. The van der Waals surface area contributed by atoms with Crippen molar-refractivity contribution >= 4 is 28.6 Å². The lowest BCUT2D eigenvalue weighted by molar-refractivity contribution is 0.640. The van der Waals surface area contributed by atoms with Crippen molar-refractivity contribution in [1.29, 1.82) is 0 Å². The van der Waals surface area contributed by atoms with E-state index in [1.807, 2.05) is 66.0 Å². The van der Waals surface area contributed by atoms with Gasteiger partial charge in [0.2, 0.25) is 0 Å². The second kappa shape index (κ2) is 8.37. The molecule has 0 fully saturated rings. The second-order valence-electron chi connectivity index (χ2n) is 6.18. The van der Waals surface area contributed by atoms with Gasteiger partial charge in [0.05, 0.1) is 30.7 Å². The third-order valence-electron chi connectivity index (χ3n) is 4.19. The summed E-state index contributed by atoms with van der Waals surface area (Å²) in [5.74, 6) is 0. The number of anilines is 1. The molecule has 0 aliphatic heterocycles. The summed E-state index contributed by atoms with van der Waals surface area (Å²) in [6, 6.07) is 19.7. The van der Waals surface area contributed by atoms with E-state index in [4.69, 9.17) is 11.6 Å². The maximum atomic E-state index is 12.5. The first-order valence-corrected chi connectivity index (χ1v) is 10.00. The largest absolute Gasteiger partial charge is 0.377 e. The normalized spacial score (nSPS) is 10.8. The fourth-order valence-corrected chi connectivity index (χ4v) is 3.78. The first-order chi connectivity index (χ1) is 13.7. The first kappa shape index (κ1) is 18.4. The Balaban J connectivity index is 1.46. The maximum Gasteiger partial charge on any atom is 0.287 e. The average Bonchev–Trinajstić information content (AvgIpc) is 3.21. The van der Waals surface area contributed by atoms with Crippen molar-refractivity contribution in [1.82, 2.24) is 14.8 Å². The molecule has 2 aromatic heterocycles. The van der Waals surface area contributed by atoms with Crippen molar-refractivity contribution in [3.63, 3.8) is 0 Å². The third-order valence-corrected chi connectivity index (χ3v) is 5.50. The highest BCUT2D eigenvalue weighted by molar-refractivity contribution is 7.13. The molecule has 0 bridgehead atoms. The highest BCUT2D eigenvalue weighted by atomic mass is 35.5. The Morgan fingerprint density at radius 2 is 1.75 bits per heavy atom. The summed E-state index contributed by atoms with van der Waals surface area (Å²) in [7, 11) is 0. The topological polar surface area (TPSA) is 59.8 Å². The molecule has 0 spiro atoms. The predicted molar refractivity (Wildman–Crippen MR) is 114 cm³/mol. The smallest absolute Gasteiger partial charge is 0.287 e. The lowest BCUT2D eigenvalue weighted by Gasteiger charge is -2.09. The average molecular weight is 409 g/mol. The fraction of sp³-hybridized carbons (Fsp3) is 0.0952. The number of hydrogen-bond donors (Lipinski definition) is 1. The van der Waals surface area contributed by atoms with Crippen LogP contribution in [0.5, 0.6) is 0 Å². The number of aromatic nitrogens is 3. The van der Waals surface area contributed by atoms with E-state index >= 15 is 0 Å². The van der Waals surface area contributed by atoms with Crippen molar-refractivity contribution in [2.75, 3.05) is 5.32 Å². The molecule has 2 heterocycles. The molecule has 0 saturated carbocycles. The van der Waals surface area contributed by atoms with Crippen LogP contribution in [0.15, 0.2) is 77.0 Å². The summed E-state index contributed by atoms with van der Waals surface area (Å²) in [4.78, 5) is 17.1. The van der Waals surface area contributed by atoms with Gasteiger partial charge >= 0.3 is 0 Å². The molecule has 7 heteroatoms. The molecule has 140 valence electrons. The molecule has 5 nitrogen and oxygen atoms in total. The Morgan fingerprint density at radius 1 is 1.04 bits per heavy atom. The Morgan fingerprint density at radius 3 is 2.50 bits per heavy atom. The van der Waals surface area contributed by atoms with E-state index in [-0.39, 0.29) is 10.6 Å². The molecule has 0 amide bonds. The second-order valence-corrected chi connectivity index (χ2v) is 7.42. The lowest BCUT2D eigenvalue weighted by Crippen LogP contribution is -2.24. The molecule has 0 atom stereocenters.